The Morgan fingerprint density at radius 2 is 2.19 bits per heavy atom. The monoisotopic (exact) mass is 288 g/mol. The summed E-state index contributed by atoms with van der Waals surface area (Å²) in [6, 6.07) is 10.7. The van der Waals surface area contributed by atoms with Crippen molar-refractivity contribution >= 4 is 5.91 Å². The number of aliphatic hydroxyl groups excluding tert-OH is 1. The topological polar surface area (TPSA) is 63.5 Å². The van der Waals surface area contributed by atoms with E-state index in [1.54, 1.807) is 31.4 Å². The second-order valence-corrected chi connectivity index (χ2v) is 4.84. The van der Waals surface area contributed by atoms with Gasteiger partial charge in [0.1, 0.15) is 5.75 Å². The van der Waals surface area contributed by atoms with Crippen LogP contribution in [0.5, 0.6) is 5.75 Å². The van der Waals surface area contributed by atoms with Gasteiger partial charge < -0.3 is 19.7 Å². The molecule has 0 spiro atoms. The molecule has 2 aromatic rings. The summed E-state index contributed by atoms with van der Waals surface area (Å²) < 4.78 is 6.96. The number of nitrogens with one attached hydrogen (secondary N) is 1. The Bertz CT molecular complexity index is 607. The second-order valence-electron chi connectivity index (χ2n) is 4.84. The third kappa shape index (κ3) is 3.86. The summed E-state index contributed by atoms with van der Waals surface area (Å²) in [5.74, 6) is 0.472. The molecule has 0 radical (unpaired) electrons. The number of rotatable bonds is 6. The summed E-state index contributed by atoms with van der Waals surface area (Å²) in [5, 5.41) is 12.9. The zero-order valence-corrected chi connectivity index (χ0v) is 12.2. The highest BCUT2D eigenvalue weighted by Gasteiger charge is 2.11. The van der Waals surface area contributed by atoms with Crippen LogP contribution in [-0.4, -0.2) is 29.2 Å². The minimum absolute atomic E-state index is 0.173. The lowest BCUT2D eigenvalue weighted by atomic mass is 10.1. The average Bonchev–Trinajstić information content (AvgIpc) is 2.93. The van der Waals surface area contributed by atoms with Crippen LogP contribution in [0.15, 0.2) is 42.6 Å². The number of aromatic nitrogens is 1. The normalized spacial score (nSPS) is 12.0. The molecule has 21 heavy (non-hydrogen) atoms. The lowest BCUT2D eigenvalue weighted by Gasteiger charge is -2.12. The summed E-state index contributed by atoms with van der Waals surface area (Å²) in [4.78, 5) is 12.0. The molecule has 1 unspecified atom stereocenters. The molecule has 5 heteroatoms. The van der Waals surface area contributed by atoms with Crippen molar-refractivity contribution in [1.82, 2.24) is 9.88 Å². The van der Waals surface area contributed by atoms with E-state index in [0.717, 1.165) is 5.69 Å². The highest BCUT2D eigenvalue weighted by Crippen LogP contribution is 2.16. The molecule has 0 saturated carbocycles. The minimum atomic E-state index is -0.587. The van der Waals surface area contributed by atoms with Crippen molar-refractivity contribution in [1.29, 1.82) is 0 Å². The number of methoxy groups -OCH3 is 1. The van der Waals surface area contributed by atoms with Gasteiger partial charge in [-0.05, 0) is 36.8 Å². The number of nitrogens with zero attached hydrogens (tertiary/aromatic N) is 1. The molecule has 1 heterocycles. The van der Waals surface area contributed by atoms with E-state index < -0.39 is 6.10 Å². The SMILES string of the molecule is COc1cccc(C(=O)NCCC(O)c2cccn2C)c1. The van der Waals surface area contributed by atoms with Crippen molar-refractivity contribution < 1.29 is 14.6 Å². The van der Waals surface area contributed by atoms with Gasteiger partial charge in [0.05, 0.1) is 13.2 Å². The number of aliphatic hydroxyl groups is 1. The predicted octanol–water partition coefficient (Wildman–Crippen LogP) is 1.89. The van der Waals surface area contributed by atoms with Gasteiger partial charge in [-0.25, -0.2) is 0 Å². The molecule has 0 saturated heterocycles. The van der Waals surface area contributed by atoms with Gasteiger partial charge in [-0.15, -0.1) is 0 Å². The van der Waals surface area contributed by atoms with Crippen LogP contribution in [0.4, 0.5) is 0 Å². The molecule has 1 amide bonds. The third-order valence-corrected chi connectivity index (χ3v) is 3.36. The van der Waals surface area contributed by atoms with Crippen molar-refractivity contribution in [3.8, 4) is 5.75 Å². The van der Waals surface area contributed by atoms with Crippen LogP contribution in [0.2, 0.25) is 0 Å². The summed E-state index contributed by atoms with van der Waals surface area (Å²) in [7, 11) is 3.45. The summed E-state index contributed by atoms with van der Waals surface area (Å²) in [6.07, 6.45) is 1.76. The fourth-order valence-corrected chi connectivity index (χ4v) is 2.16. The molecule has 1 aromatic carbocycles. The van der Waals surface area contributed by atoms with E-state index in [1.807, 2.05) is 29.9 Å². The van der Waals surface area contributed by atoms with E-state index in [1.165, 1.54) is 0 Å². The quantitative estimate of drug-likeness (QED) is 0.853. The molecule has 1 aromatic heterocycles. The lowest BCUT2D eigenvalue weighted by Crippen LogP contribution is -2.25. The summed E-state index contributed by atoms with van der Waals surface area (Å²) in [5.41, 5.74) is 1.38. The Hall–Kier alpha value is -2.27. The number of carbonyl (C=O) groups is 1. The second kappa shape index (κ2) is 6.95. The maximum absolute atomic E-state index is 12.0. The van der Waals surface area contributed by atoms with Crippen LogP contribution in [0.25, 0.3) is 0 Å². The largest absolute Gasteiger partial charge is 0.497 e. The van der Waals surface area contributed by atoms with Gasteiger partial charge in [-0.3, -0.25) is 4.79 Å². The Labute approximate surface area is 124 Å². The number of ether oxygens (including phenoxy) is 1. The van der Waals surface area contributed by atoms with Crippen molar-refractivity contribution in [3.63, 3.8) is 0 Å². The first-order valence-corrected chi connectivity index (χ1v) is 6.83. The van der Waals surface area contributed by atoms with Gasteiger partial charge in [0.25, 0.3) is 5.91 Å². The van der Waals surface area contributed by atoms with Crippen molar-refractivity contribution in [3.05, 3.63) is 53.9 Å². The molecule has 0 bridgehead atoms. The Morgan fingerprint density at radius 1 is 1.38 bits per heavy atom. The van der Waals surface area contributed by atoms with E-state index in [9.17, 15) is 9.90 Å². The Balaban J connectivity index is 1.85. The number of aryl methyl sites for hydroxylation is 1. The Kier molecular flexibility index (Phi) is 5.00. The highest BCUT2D eigenvalue weighted by molar-refractivity contribution is 5.94. The fourth-order valence-electron chi connectivity index (χ4n) is 2.16. The molecule has 5 nitrogen and oxygen atoms in total. The van der Waals surface area contributed by atoms with Crippen LogP contribution < -0.4 is 10.1 Å². The number of benzene rings is 1. The molecule has 112 valence electrons. The van der Waals surface area contributed by atoms with E-state index >= 15 is 0 Å². The van der Waals surface area contributed by atoms with E-state index in [2.05, 4.69) is 5.32 Å². The van der Waals surface area contributed by atoms with E-state index in [0.29, 0.717) is 24.3 Å². The van der Waals surface area contributed by atoms with Crippen LogP contribution in [-0.2, 0) is 7.05 Å². The van der Waals surface area contributed by atoms with E-state index in [4.69, 9.17) is 4.74 Å². The van der Waals surface area contributed by atoms with E-state index in [-0.39, 0.29) is 5.91 Å². The first kappa shape index (κ1) is 15.1. The molecular weight excluding hydrogens is 268 g/mol. The fraction of sp³-hybridized carbons (Fsp3) is 0.312. The third-order valence-electron chi connectivity index (χ3n) is 3.36. The van der Waals surface area contributed by atoms with Crippen molar-refractivity contribution in [2.24, 2.45) is 7.05 Å². The number of hydrogen-bond donors (Lipinski definition) is 2. The van der Waals surface area contributed by atoms with Gasteiger partial charge >= 0.3 is 0 Å². The van der Waals surface area contributed by atoms with Crippen molar-refractivity contribution in [2.45, 2.75) is 12.5 Å². The smallest absolute Gasteiger partial charge is 0.251 e. The van der Waals surface area contributed by atoms with Gasteiger partial charge in [0.2, 0.25) is 0 Å². The molecule has 0 aliphatic carbocycles. The van der Waals surface area contributed by atoms with Crippen LogP contribution in [0.1, 0.15) is 28.6 Å². The highest BCUT2D eigenvalue weighted by atomic mass is 16.5. The predicted molar refractivity (Wildman–Crippen MR) is 80.3 cm³/mol. The number of amides is 1. The molecule has 0 aliphatic rings. The molecular formula is C16H20N2O3. The van der Waals surface area contributed by atoms with Crippen LogP contribution in [0, 0.1) is 0 Å². The molecule has 0 fully saturated rings. The molecule has 0 aliphatic heterocycles. The maximum atomic E-state index is 12.0. The standard InChI is InChI=1S/C16H20N2O3/c1-18-10-4-7-14(18)15(19)8-9-17-16(20)12-5-3-6-13(11-12)21-2/h3-7,10-11,15,19H,8-9H2,1-2H3,(H,17,20). The average molecular weight is 288 g/mol. The van der Waals surface area contributed by atoms with Gasteiger partial charge in [0.15, 0.2) is 0 Å². The van der Waals surface area contributed by atoms with Gasteiger partial charge in [-0.1, -0.05) is 6.07 Å². The molecule has 1 atom stereocenters. The van der Waals surface area contributed by atoms with Crippen LogP contribution >= 0.6 is 0 Å². The first-order chi connectivity index (χ1) is 10.1. The maximum Gasteiger partial charge on any atom is 0.251 e. The van der Waals surface area contributed by atoms with Gasteiger partial charge in [0, 0.05) is 31.0 Å². The molecule has 2 N–H and O–H groups in total. The van der Waals surface area contributed by atoms with Gasteiger partial charge in [-0.2, -0.15) is 0 Å². The number of carbonyl (C=O) groups excluding carboxylic acids is 1. The van der Waals surface area contributed by atoms with Crippen LogP contribution in [0.3, 0.4) is 0 Å². The number of hydrogen-bond acceptors (Lipinski definition) is 3. The zero-order valence-electron chi connectivity index (χ0n) is 12.2. The first-order valence-electron chi connectivity index (χ1n) is 6.83. The zero-order chi connectivity index (χ0) is 15.2. The lowest BCUT2D eigenvalue weighted by molar-refractivity contribution is 0.0941. The summed E-state index contributed by atoms with van der Waals surface area (Å²) in [6.45, 7) is 0.405. The summed E-state index contributed by atoms with van der Waals surface area (Å²) >= 11 is 0. The molecule has 2 rings (SSSR count). The Morgan fingerprint density at radius 3 is 2.86 bits per heavy atom. The minimum Gasteiger partial charge on any atom is -0.497 e. The van der Waals surface area contributed by atoms with Crippen molar-refractivity contribution in [2.75, 3.05) is 13.7 Å².